The van der Waals surface area contributed by atoms with Gasteiger partial charge in [0.1, 0.15) is 5.75 Å². The van der Waals surface area contributed by atoms with Gasteiger partial charge in [-0.1, -0.05) is 18.2 Å². The summed E-state index contributed by atoms with van der Waals surface area (Å²) >= 11 is 1.65. The molecule has 2 N–H and O–H groups in total. The van der Waals surface area contributed by atoms with Crippen LogP contribution in [0.4, 0.5) is 0 Å². The topological polar surface area (TPSA) is 48.1 Å². The fourth-order valence-corrected chi connectivity index (χ4v) is 2.62. The van der Waals surface area contributed by atoms with E-state index in [9.17, 15) is 0 Å². The molecule has 0 spiro atoms. The third kappa shape index (κ3) is 3.09. The van der Waals surface area contributed by atoms with Gasteiger partial charge in [0.25, 0.3) is 0 Å². The summed E-state index contributed by atoms with van der Waals surface area (Å²) in [6, 6.07) is 6.18. The van der Waals surface area contributed by atoms with Gasteiger partial charge in [0.2, 0.25) is 0 Å². The largest absolute Gasteiger partial charge is 0.493 e. The van der Waals surface area contributed by atoms with Crippen molar-refractivity contribution in [1.29, 1.82) is 0 Å². The lowest BCUT2D eigenvalue weighted by Gasteiger charge is -2.10. The van der Waals surface area contributed by atoms with Gasteiger partial charge in [0, 0.05) is 18.3 Å². The van der Waals surface area contributed by atoms with Gasteiger partial charge in [0.05, 0.1) is 17.3 Å². The fraction of sp³-hybridized carbons (Fsp3) is 0.357. The van der Waals surface area contributed by atoms with Crippen LogP contribution in [0.2, 0.25) is 0 Å². The van der Waals surface area contributed by atoms with Crippen LogP contribution in [0, 0.1) is 13.8 Å². The standard InChI is InChI=1S/C14H18N2OS/c1-10-4-3-5-11(2)14(10)17-7-6-13-16-12(8-15)9-18-13/h3-5,9H,6-8,15H2,1-2H3. The number of rotatable bonds is 5. The Balaban J connectivity index is 1.92. The number of nitrogens with two attached hydrogens (primary N) is 1. The van der Waals surface area contributed by atoms with Crippen LogP contribution in [0.25, 0.3) is 0 Å². The maximum Gasteiger partial charge on any atom is 0.125 e. The molecule has 1 aromatic heterocycles. The molecule has 3 nitrogen and oxygen atoms in total. The molecule has 0 aliphatic heterocycles. The summed E-state index contributed by atoms with van der Waals surface area (Å²) in [6.07, 6.45) is 0.832. The molecule has 0 saturated heterocycles. The quantitative estimate of drug-likeness (QED) is 0.901. The molecule has 2 aromatic rings. The van der Waals surface area contributed by atoms with Gasteiger partial charge in [-0.3, -0.25) is 0 Å². The maximum atomic E-state index is 5.85. The van der Waals surface area contributed by atoms with Crippen molar-refractivity contribution in [2.75, 3.05) is 6.61 Å². The second-order valence-corrected chi connectivity index (χ2v) is 5.20. The average molecular weight is 262 g/mol. The van der Waals surface area contributed by atoms with Gasteiger partial charge >= 0.3 is 0 Å². The van der Waals surface area contributed by atoms with Crippen LogP contribution in [-0.2, 0) is 13.0 Å². The van der Waals surface area contributed by atoms with E-state index in [1.165, 1.54) is 11.1 Å². The Labute approximate surface area is 112 Å². The van der Waals surface area contributed by atoms with Crippen molar-refractivity contribution >= 4 is 11.3 Å². The summed E-state index contributed by atoms with van der Waals surface area (Å²) in [5, 5.41) is 3.09. The first-order chi connectivity index (χ1) is 8.70. The molecule has 0 atom stereocenters. The number of hydrogen-bond acceptors (Lipinski definition) is 4. The SMILES string of the molecule is Cc1cccc(C)c1OCCc1nc(CN)cs1. The minimum absolute atomic E-state index is 0.508. The highest BCUT2D eigenvalue weighted by Crippen LogP contribution is 2.22. The lowest BCUT2D eigenvalue weighted by molar-refractivity contribution is 0.317. The number of hydrogen-bond donors (Lipinski definition) is 1. The average Bonchev–Trinajstić information content (AvgIpc) is 2.81. The highest BCUT2D eigenvalue weighted by molar-refractivity contribution is 7.09. The lowest BCUT2D eigenvalue weighted by Crippen LogP contribution is -2.04. The Morgan fingerprint density at radius 3 is 2.61 bits per heavy atom. The first kappa shape index (κ1) is 13.1. The monoisotopic (exact) mass is 262 g/mol. The summed E-state index contributed by atoms with van der Waals surface area (Å²) in [6.45, 7) is 5.30. The van der Waals surface area contributed by atoms with Gasteiger partial charge in [-0.05, 0) is 25.0 Å². The van der Waals surface area contributed by atoms with E-state index in [2.05, 4.69) is 31.0 Å². The van der Waals surface area contributed by atoms with E-state index in [4.69, 9.17) is 10.5 Å². The molecule has 0 bridgehead atoms. The Bertz CT molecular complexity index is 502. The van der Waals surface area contributed by atoms with Crippen molar-refractivity contribution in [1.82, 2.24) is 4.98 Å². The number of nitrogens with zero attached hydrogens (tertiary/aromatic N) is 1. The van der Waals surface area contributed by atoms with Crippen molar-refractivity contribution in [2.24, 2.45) is 5.73 Å². The molecule has 0 radical (unpaired) electrons. The number of thiazole rings is 1. The first-order valence-electron chi connectivity index (χ1n) is 6.03. The van der Waals surface area contributed by atoms with E-state index in [-0.39, 0.29) is 0 Å². The zero-order valence-corrected chi connectivity index (χ0v) is 11.6. The molecule has 96 valence electrons. The van der Waals surface area contributed by atoms with Crippen LogP contribution in [0.15, 0.2) is 23.6 Å². The Hall–Kier alpha value is -1.39. The van der Waals surface area contributed by atoms with Crippen LogP contribution in [-0.4, -0.2) is 11.6 Å². The van der Waals surface area contributed by atoms with Gasteiger partial charge in [-0.25, -0.2) is 4.98 Å². The summed E-state index contributed by atoms with van der Waals surface area (Å²) in [5.41, 5.74) is 8.85. The Kier molecular flexibility index (Phi) is 4.33. The summed E-state index contributed by atoms with van der Waals surface area (Å²) in [4.78, 5) is 4.42. The molecule has 0 unspecified atom stereocenters. The third-order valence-electron chi connectivity index (χ3n) is 2.78. The molecule has 0 fully saturated rings. The van der Waals surface area contributed by atoms with Crippen LogP contribution in [0.1, 0.15) is 21.8 Å². The molecule has 1 heterocycles. The second kappa shape index (κ2) is 5.98. The predicted molar refractivity (Wildman–Crippen MR) is 75.1 cm³/mol. The molecule has 18 heavy (non-hydrogen) atoms. The van der Waals surface area contributed by atoms with E-state index >= 15 is 0 Å². The van der Waals surface area contributed by atoms with Crippen LogP contribution in [0.5, 0.6) is 5.75 Å². The number of para-hydroxylation sites is 1. The number of aromatic nitrogens is 1. The smallest absolute Gasteiger partial charge is 0.125 e. The Morgan fingerprint density at radius 1 is 1.28 bits per heavy atom. The number of benzene rings is 1. The normalized spacial score (nSPS) is 10.6. The van der Waals surface area contributed by atoms with Crippen LogP contribution in [0.3, 0.4) is 0 Å². The predicted octanol–water partition coefficient (Wildman–Crippen LogP) is 2.84. The maximum absolute atomic E-state index is 5.85. The number of aryl methyl sites for hydroxylation is 2. The molecule has 0 amide bonds. The molecular weight excluding hydrogens is 244 g/mol. The zero-order valence-electron chi connectivity index (χ0n) is 10.8. The molecule has 0 aliphatic rings. The highest BCUT2D eigenvalue weighted by Gasteiger charge is 2.05. The van der Waals surface area contributed by atoms with Crippen molar-refractivity contribution in [3.63, 3.8) is 0 Å². The molecule has 0 aliphatic carbocycles. The van der Waals surface area contributed by atoms with Crippen molar-refractivity contribution < 1.29 is 4.74 Å². The molecule has 2 rings (SSSR count). The minimum Gasteiger partial charge on any atom is -0.493 e. The lowest BCUT2D eigenvalue weighted by atomic mass is 10.1. The minimum atomic E-state index is 0.508. The highest BCUT2D eigenvalue weighted by atomic mass is 32.1. The molecule has 0 saturated carbocycles. The first-order valence-corrected chi connectivity index (χ1v) is 6.91. The van der Waals surface area contributed by atoms with Crippen molar-refractivity contribution in [2.45, 2.75) is 26.8 Å². The van der Waals surface area contributed by atoms with E-state index < -0.39 is 0 Å². The van der Waals surface area contributed by atoms with Gasteiger partial charge in [-0.2, -0.15) is 0 Å². The Morgan fingerprint density at radius 2 is 2.00 bits per heavy atom. The zero-order chi connectivity index (χ0) is 13.0. The molecular formula is C14H18N2OS. The van der Waals surface area contributed by atoms with Gasteiger partial charge in [-0.15, -0.1) is 11.3 Å². The van der Waals surface area contributed by atoms with E-state index in [0.29, 0.717) is 13.2 Å². The van der Waals surface area contributed by atoms with Crippen molar-refractivity contribution in [3.05, 3.63) is 45.4 Å². The van der Waals surface area contributed by atoms with Crippen LogP contribution < -0.4 is 10.5 Å². The second-order valence-electron chi connectivity index (χ2n) is 4.26. The molecule has 4 heteroatoms. The van der Waals surface area contributed by atoms with E-state index in [1.807, 2.05) is 11.4 Å². The van der Waals surface area contributed by atoms with E-state index in [0.717, 1.165) is 22.9 Å². The van der Waals surface area contributed by atoms with Gasteiger partial charge < -0.3 is 10.5 Å². The summed E-state index contributed by atoms with van der Waals surface area (Å²) < 4.78 is 5.85. The summed E-state index contributed by atoms with van der Waals surface area (Å²) in [7, 11) is 0. The van der Waals surface area contributed by atoms with Crippen molar-refractivity contribution in [3.8, 4) is 5.75 Å². The van der Waals surface area contributed by atoms with Crippen LogP contribution >= 0.6 is 11.3 Å². The van der Waals surface area contributed by atoms with Gasteiger partial charge in [0.15, 0.2) is 0 Å². The molecule has 1 aromatic carbocycles. The van der Waals surface area contributed by atoms with E-state index in [1.54, 1.807) is 11.3 Å². The fourth-order valence-electron chi connectivity index (χ4n) is 1.82. The summed E-state index contributed by atoms with van der Waals surface area (Å²) in [5.74, 6) is 0.994. The third-order valence-corrected chi connectivity index (χ3v) is 3.74. The number of ether oxygens (including phenoxy) is 1.